The van der Waals surface area contributed by atoms with Gasteiger partial charge in [0, 0.05) is 0 Å². The Morgan fingerprint density at radius 3 is 2.26 bits per heavy atom. The first-order chi connectivity index (χ1) is 10.9. The van der Waals surface area contributed by atoms with Gasteiger partial charge < -0.3 is 9.47 Å². The number of hydrogen-bond acceptors (Lipinski definition) is 4. The topological polar surface area (TPSA) is 52.6 Å². The highest BCUT2D eigenvalue weighted by Gasteiger charge is 2.50. The molecule has 0 fully saturated rings. The Bertz CT molecular complexity index is 568. The molecule has 4 nitrogen and oxygen atoms in total. The lowest BCUT2D eigenvalue weighted by atomic mass is 9.76. The minimum Gasteiger partial charge on any atom is -0.465 e. The van der Waals surface area contributed by atoms with Crippen molar-refractivity contribution >= 4 is 23.5 Å². The van der Waals surface area contributed by atoms with Crippen LogP contribution < -0.4 is 0 Å². The molecule has 0 aliphatic heterocycles. The first-order valence-corrected chi connectivity index (χ1v) is 7.72. The van der Waals surface area contributed by atoms with Gasteiger partial charge >= 0.3 is 11.9 Å². The summed E-state index contributed by atoms with van der Waals surface area (Å²) >= 11 is 5.82. The Labute approximate surface area is 140 Å². The zero-order valence-corrected chi connectivity index (χ0v) is 14.0. The Morgan fingerprint density at radius 2 is 1.83 bits per heavy atom. The van der Waals surface area contributed by atoms with Crippen LogP contribution in [0.3, 0.4) is 0 Å². The fourth-order valence-electron chi connectivity index (χ4n) is 2.26. The standard InChI is InChI=1S/C17H20ClFO4/c1-4-7-10-17(15(20)22-5-2,16(21)23-6-3)12-8-9-14(19)13(18)11-12/h4,8-9,11H,1,5-7,10H2,2-3H3. The van der Waals surface area contributed by atoms with Crippen molar-refractivity contribution in [3.05, 3.63) is 47.3 Å². The van der Waals surface area contributed by atoms with Gasteiger partial charge in [-0.25, -0.2) is 4.39 Å². The fourth-order valence-corrected chi connectivity index (χ4v) is 2.44. The van der Waals surface area contributed by atoms with Gasteiger partial charge in [-0.15, -0.1) is 6.58 Å². The molecule has 23 heavy (non-hydrogen) atoms. The lowest BCUT2D eigenvalue weighted by Crippen LogP contribution is -2.46. The van der Waals surface area contributed by atoms with Crippen molar-refractivity contribution in [2.24, 2.45) is 0 Å². The van der Waals surface area contributed by atoms with Crippen molar-refractivity contribution in [1.82, 2.24) is 0 Å². The Kier molecular flexibility index (Phi) is 7.23. The maximum absolute atomic E-state index is 13.5. The van der Waals surface area contributed by atoms with Crippen molar-refractivity contribution < 1.29 is 23.5 Å². The van der Waals surface area contributed by atoms with E-state index in [9.17, 15) is 14.0 Å². The number of halogens is 2. The summed E-state index contributed by atoms with van der Waals surface area (Å²) in [4.78, 5) is 25.2. The van der Waals surface area contributed by atoms with E-state index in [-0.39, 0.29) is 30.2 Å². The van der Waals surface area contributed by atoms with Crippen molar-refractivity contribution in [2.45, 2.75) is 32.1 Å². The van der Waals surface area contributed by atoms with E-state index in [0.717, 1.165) is 6.07 Å². The number of hydrogen-bond donors (Lipinski definition) is 0. The highest BCUT2D eigenvalue weighted by molar-refractivity contribution is 6.30. The van der Waals surface area contributed by atoms with Crippen LogP contribution in [-0.2, 0) is 24.5 Å². The molecule has 0 unspecified atom stereocenters. The largest absolute Gasteiger partial charge is 0.465 e. The lowest BCUT2D eigenvalue weighted by molar-refractivity contribution is -0.165. The minimum absolute atomic E-state index is 0.0934. The molecule has 0 spiro atoms. The zero-order valence-electron chi connectivity index (χ0n) is 13.2. The molecule has 1 aromatic rings. The number of rotatable bonds is 8. The number of ether oxygens (including phenoxy) is 2. The summed E-state index contributed by atoms with van der Waals surface area (Å²) in [7, 11) is 0. The van der Waals surface area contributed by atoms with Crippen molar-refractivity contribution in [2.75, 3.05) is 13.2 Å². The molecule has 1 rings (SSSR count). The highest BCUT2D eigenvalue weighted by atomic mass is 35.5. The van der Waals surface area contributed by atoms with Crippen LogP contribution in [0.1, 0.15) is 32.3 Å². The number of carbonyl (C=O) groups is 2. The Morgan fingerprint density at radius 1 is 1.26 bits per heavy atom. The van der Waals surface area contributed by atoms with E-state index in [0.29, 0.717) is 6.42 Å². The molecular weight excluding hydrogens is 323 g/mol. The maximum Gasteiger partial charge on any atom is 0.328 e. The monoisotopic (exact) mass is 342 g/mol. The molecule has 0 N–H and O–H groups in total. The smallest absolute Gasteiger partial charge is 0.328 e. The average Bonchev–Trinajstić information content (AvgIpc) is 2.52. The quantitative estimate of drug-likeness (QED) is 0.409. The van der Waals surface area contributed by atoms with E-state index >= 15 is 0 Å². The van der Waals surface area contributed by atoms with Gasteiger partial charge in [-0.05, 0) is 44.4 Å². The van der Waals surface area contributed by atoms with Crippen LogP contribution in [0, 0.1) is 5.82 Å². The molecule has 126 valence electrons. The van der Waals surface area contributed by atoms with E-state index in [4.69, 9.17) is 21.1 Å². The summed E-state index contributed by atoms with van der Waals surface area (Å²) < 4.78 is 23.6. The predicted molar refractivity (Wildman–Crippen MR) is 85.8 cm³/mol. The summed E-state index contributed by atoms with van der Waals surface area (Å²) in [5, 5.41) is -0.181. The second kappa shape index (κ2) is 8.67. The van der Waals surface area contributed by atoms with Crippen molar-refractivity contribution in [3.63, 3.8) is 0 Å². The molecule has 0 saturated carbocycles. The summed E-state index contributed by atoms with van der Waals surface area (Å²) in [6.45, 7) is 7.09. The van der Waals surface area contributed by atoms with Crippen LogP contribution in [0.2, 0.25) is 5.02 Å². The van der Waals surface area contributed by atoms with Gasteiger partial charge in [-0.3, -0.25) is 9.59 Å². The van der Waals surface area contributed by atoms with Crippen LogP contribution in [0.5, 0.6) is 0 Å². The van der Waals surface area contributed by atoms with Crippen LogP contribution in [0.25, 0.3) is 0 Å². The Hall–Kier alpha value is -1.88. The summed E-state index contributed by atoms with van der Waals surface area (Å²) in [6.07, 6.45) is 2.04. The first-order valence-electron chi connectivity index (χ1n) is 7.34. The normalized spacial score (nSPS) is 11.0. The van der Waals surface area contributed by atoms with Crippen LogP contribution in [0.15, 0.2) is 30.9 Å². The molecule has 0 atom stereocenters. The first kappa shape index (κ1) is 19.2. The molecule has 0 heterocycles. The molecule has 1 aromatic carbocycles. The predicted octanol–water partition coefficient (Wildman–Crippen LogP) is 3.81. The van der Waals surface area contributed by atoms with E-state index < -0.39 is 23.2 Å². The molecule has 0 radical (unpaired) electrons. The summed E-state index contributed by atoms with van der Waals surface area (Å²) in [5.74, 6) is -2.13. The van der Waals surface area contributed by atoms with Gasteiger partial charge in [0.2, 0.25) is 0 Å². The average molecular weight is 343 g/mol. The third-order valence-electron chi connectivity index (χ3n) is 3.38. The molecule has 0 aliphatic carbocycles. The van der Waals surface area contributed by atoms with Gasteiger partial charge in [-0.2, -0.15) is 0 Å². The molecule has 0 aliphatic rings. The number of benzene rings is 1. The third kappa shape index (κ3) is 4.10. The number of esters is 2. The van der Waals surface area contributed by atoms with E-state index in [1.165, 1.54) is 12.1 Å². The number of carbonyl (C=O) groups excluding carboxylic acids is 2. The van der Waals surface area contributed by atoms with Gasteiger partial charge in [0.05, 0.1) is 18.2 Å². The zero-order chi connectivity index (χ0) is 17.5. The summed E-state index contributed by atoms with van der Waals surface area (Å²) in [6, 6.07) is 3.71. The van der Waals surface area contributed by atoms with E-state index in [2.05, 4.69) is 6.58 Å². The van der Waals surface area contributed by atoms with E-state index in [1.807, 2.05) is 0 Å². The van der Waals surface area contributed by atoms with Gasteiger partial charge in [0.25, 0.3) is 0 Å². The molecule has 0 bridgehead atoms. The number of allylic oxidation sites excluding steroid dienone is 1. The van der Waals surface area contributed by atoms with Crippen LogP contribution >= 0.6 is 11.6 Å². The van der Waals surface area contributed by atoms with Crippen LogP contribution in [-0.4, -0.2) is 25.2 Å². The minimum atomic E-state index is -1.70. The van der Waals surface area contributed by atoms with Gasteiger partial charge in [-0.1, -0.05) is 23.7 Å². The molecule has 6 heteroatoms. The second-order valence-electron chi connectivity index (χ2n) is 4.80. The highest BCUT2D eigenvalue weighted by Crippen LogP contribution is 2.35. The SMILES string of the molecule is C=CCCC(C(=O)OCC)(C(=O)OCC)c1ccc(F)c(Cl)c1. The summed E-state index contributed by atoms with van der Waals surface area (Å²) in [5.41, 5.74) is -1.46. The molecular formula is C17H20ClFO4. The van der Waals surface area contributed by atoms with Crippen molar-refractivity contribution in [1.29, 1.82) is 0 Å². The molecule has 0 aromatic heterocycles. The molecule has 0 saturated heterocycles. The van der Waals surface area contributed by atoms with Gasteiger partial charge in [0.1, 0.15) is 5.82 Å². The lowest BCUT2D eigenvalue weighted by Gasteiger charge is -2.29. The fraction of sp³-hybridized carbons (Fsp3) is 0.412. The second-order valence-corrected chi connectivity index (χ2v) is 5.21. The van der Waals surface area contributed by atoms with Crippen molar-refractivity contribution in [3.8, 4) is 0 Å². The van der Waals surface area contributed by atoms with E-state index in [1.54, 1.807) is 19.9 Å². The van der Waals surface area contributed by atoms with Gasteiger partial charge in [0.15, 0.2) is 5.41 Å². The van der Waals surface area contributed by atoms with Crippen LogP contribution in [0.4, 0.5) is 4.39 Å². The Balaban J connectivity index is 3.51. The molecule has 0 amide bonds. The third-order valence-corrected chi connectivity index (χ3v) is 3.67. The maximum atomic E-state index is 13.5.